The number of ether oxygens (including phenoxy) is 2. The van der Waals surface area contributed by atoms with Crippen molar-refractivity contribution in [2.24, 2.45) is 0 Å². The number of ketones is 1. The summed E-state index contributed by atoms with van der Waals surface area (Å²) in [5.74, 6) is -1.51. The van der Waals surface area contributed by atoms with E-state index in [0.717, 1.165) is 6.07 Å². The lowest BCUT2D eigenvalue weighted by atomic mass is 10.1. The summed E-state index contributed by atoms with van der Waals surface area (Å²) in [5.41, 5.74) is 0.214. The summed E-state index contributed by atoms with van der Waals surface area (Å²) >= 11 is 5.84. The number of carbonyl (C=O) groups is 3. The fraction of sp³-hybridized carbons (Fsp3) is 0.250. The van der Waals surface area contributed by atoms with Crippen LogP contribution in [0.25, 0.3) is 0 Å². The van der Waals surface area contributed by atoms with E-state index in [2.05, 4.69) is 5.32 Å². The van der Waals surface area contributed by atoms with Crippen LogP contribution in [0.3, 0.4) is 0 Å². The second-order valence-electron chi connectivity index (χ2n) is 6.14. The van der Waals surface area contributed by atoms with Gasteiger partial charge in [-0.15, -0.1) is 0 Å². The van der Waals surface area contributed by atoms with Gasteiger partial charge in [-0.2, -0.15) is 0 Å². The third-order valence-electron chi connectivity index (χ3n) is 3.95. The number of nitrogens with zero attached hydrogens (tertiary/aromatic N) is 1. The van der Waals surface area contributed by atoms with E-state index in [0.29, 0.717) is 10.7 Å². The van der Waals surface area contributed by atoms with E-state index >= 15 is 0 Å². The molecule has 0 fully saturated rings. The molecule has 0 spiro atoms. The Labute approximate surface area is 177 Å². The van der Waals surface area contributed by atoms with Crippen LogP contribution >= 0.6 is 11.6 Å². The maximum atomic E-state index is 12.1. The highest BCUT2D eigenvalue weighted by molar-refractivity contribution is 6.30. The van der Waals surface area contributed by atoms with Gasteiger partial charge in [0.2, 0.25) is 11.7 Å². The third-order valence-corrected chi connectivity index (χ3v) is 4.19. The highest BCUT2D eigenvalue weighted by Gasteiger charge is 2.19. The Balaban J connectivity index is 1.76. The first-order valence-corrected chi connectivity index (χ1v) is 9.24. The number of amides is 1. The lowest BCUT2D eigenvalue weighted by molar-refractivity contribution is -0.385. The van der Waals surface area contributed by atoms with Crippen molar-refractivity contribution in [3.05, 3.63) is 63.2 Å². The van der Waals surface area contributed by atoms with E-state index in [4.69, 9.17) is 21.1 Å². The van der Waals surface area contributed by atoms with Crippen molar-refractivity contribution in [2.75, 3.05) is 19.0 Å². The predicted molar refractivity (Wildman–Crippen MR) is 109 cm³/mol. The minimum Gasteiger partial charge on any atom is -0.490 e. The maximum Gasteiger partial charge on any atom is 0.311 e. The number of carbonyl (C=O) groups excluding carboxylic acids is 3. The molecule has 2 rings (SSSR count). The van der Waals surface area contributed by atoms with Gasteiger partial charge in [-0.3, -0.25) is 24.5 Å². The average molecular weight is 435 g/mol. The van der Waals surface area contributed by atoms with Crippen molar-refractivity contribution < 1.29 is 28.8 Å². The monoisotopic (exact) mass is 434 g/mol. The maximum absolute atomic E-state index is 12.1. The zero-order chi connectivity index (χ0) is 22.1. The molecule has 0 aliphatic rings. The Morgan fingerprint density at radius 2 is 1.90 bits per heavy atom. The van der Waals surface area contributed by atoms with Gasteiger partial charge in [-0.25, -0.2) is 0 Å². The van der Waals surface area contributed by atoms with Crippen molar-refractivity contribution in [3.63, 3.8) is 0 Å². The standard InChI is InChI=1S/C20H19ClN2O7/c1-29-18-9-8-13(10-16(18)23(27)28)17(24)12-30-20(26)7-3-6-19(25)22-15-5-2-4-14(21)11-15/h2,4-5,8-11H,3,6-7,12H2,1H3,(H,22,25). The number of nitro benzene ring substituents is 1. The minimum atomic E-state index is -0.671. The zero-order valence-corrected chi connectivity index (χ0v) is 16.8. The number of esters is 1. The molecule has 1 amide bonds. The Bertz CT molecular complexity index is 962. The lowest BCUT2D eigenvalue weighted by Crippen LogP contribution is -2.15. The number of nitro groups is 1. The molecule has 2 aromatic carbocycles. The van der Waals surface area contributed by atoms with Crippen molar-refractivity contribution in [1.82, 2.24) is 0 Å². The molecule has 0 radical (unpaired) electrons. The predicted octanol–water partition coefficient (Wildman–Crippen LogP) is 3.79. The summed E-state index contributed by atoms with van der Waals surface area (Å²) in [6, 6.07) is 10.4. The SMILES string of the molecule is COc1ccc(C(=O)COC(=O)CCCC(=O)Nc2cccc(Cl)c2)cc1[N+](=O)[O-]. The lowest BCUT2D eigenvalue weighted by Gasteiger charge is -2.07. The van der Waals surface area contributed by atoms with Crippen LogP contribution in [-0.4, -0.2) is 36.3 Å². The van der Waals surface area contributed by atoms with Gasteiger partial charge in [0, 0.05) is 35.2 Å². The number of halogens is 1. The normalized spacial score (nSPS) is 10.2. The van der Waals surface area contributed by atoms with Crippen molar-refractivity contribution in [2.45, 2.75) is 19.3 Å². The smallest absolute Gasteiger partial charge is 0.311 e. The topological polar surface area (TPSA) is 125 Å². The molecule has 158 valence electrons. The molecule has 0 aliphatic carbocycles. The van der Waals surface area contributed by atoms with Gasteiger partial charge in [0.25, 0.3) is 0 Å². The summed E-state index contributed by atoms with van der Waals surface area (Å²) in [6.07, 6.45) is 0.257. The van der Waals surface area contributed by atoms with Gasteiger partial charge in [-0.1, -0.05) is 17.7 Å². The molecule has 2 aromatic rings. The van der Waals surface area contributed by atoms with E-state index in [1.807, 2.05) is 0 Å². The second kappa shape index (κ2) is 10.9. The van der Waals surface area contributed by atoms with Crippen LogP contribution in [0.2, 0.25) is 5.02 Å². The number of hydrogen-bond acceptors (Lipinski definition) is 7. The van der Waals surface area contributed by atoms with E-state index in [9.17, 15) is 24.5 Å². The molecule has 0 heterocycles. The van der Waals surface area contributed by atoms with E-state index in [-0.39, 0.29) is 42.2 Å². The second-order valence-corrected chi connectivity index (χ2v) is 6.58. The molecule has 0 aromatic heterocycles. The highest BCUT2D eigenvalue weighted by atomic mass is 35.5. The molecule has 0 saturated carbocycles. The van der Waals surface area contributed by atoms with Crippen molar-refractivity contribution in [1.29, 1.82) is 0 Å². The zero-order valence-electron chi connectivity index (χ0n) is 16.1. The Hall–Kier alpha value is -3.46. The van der Waals surface area contributed by atoms with Crippen LogP contribution in [-0.2, 0) is 14.3 Å². The molecular formula is C20H19ClN2O7. The number of nitrogens with one attached hydrogen (secondary N) is 1. The van der Waals surface area contributed by atoms with Gasteiger partial charge in [-0.05, 0) is 36.8 Å². The van der Waals surface area contributed by atoms with Crippen LogP contribution in [0.15, 0.2) is 42.5 Å². The highest BCUT2D eigenvalue weighted by Crippen LogP contribution is 2.27. The Kier molecular flexibility index (Phi) is 8.30. The molecule has 1 N–H and O–H groups in total. The minimum absolute atomic E-state index is 0.0181. The molecule has 9 nitrogen and oxygen atoms in total. The molecule has 0 bridgehead atoms. The number of anilines is 1. The summed E-state index contributed by atoms with van der Waals surface area (Å²) in [7, 11) is 1.28. The summed E-state index contributed by atoms with van der Waals surface area (Å²) in [6.45, 7) is -0.559. The van der Waals surface area contributed by atoms with Gasteiger partial charge < -0.3 is 14.8 Å². The van der Waals surface area contributed by atoms with Gasteiger partial charge in [0.1, 0.15) is 0 Å². The first kappa shape index (κ1) is 22.8. The summed E-state index contributed by atoms with van der Waals surface area (Å²) in [4.78, 5) is 46.1. The van der Waals surface area contributed by atoms with Crippen LogP contribution in [0.5, 0.6) is 5.75 Å². The molecule has 0 unspecified atom stereocenters. The molecule has 30 heavy (non-hydrogen) atoms. The molecule has 0 atom stereocenters. The van der Waals surface area contributed by atoms with Gasteiger partial charge >= 0.3 is 11.7 Å². The summed E-state index contributed by atoms with van der Waals surface area (Å²) < 4.78 is 9.76. The Morgan fingerprint density at radius 3 is 2.57 bits per heavy atom. The van der Waals surface area contributed by atoms with Gasteiger partial charge in [0.15, 0.2) is 12.4 Å². The third kappa shape index (κ3) is 6.85. The van der Waals surface area contributed by atoms with E-state index in [1.165, 1.54) is 19.2 Å². The first-order chi connectivity index (χ1) is 14.3. The first-order valence-electron chi connectivity index (χ1n) is 8.87. The molecule has 0 aliphatic heterocycles. The van der Waals surface area contributed by atoms with Crippen molar-refractivity contribution >= 4 is 40.6 Å². The average Bonchev–Trinajstić information content (AvgIpc) is 2.71. The van der Waals surface area contributed by atoms with E-state index < -0.39 is 23.3 Å². The number of hydrogen-bond donors (Lipinski definition) is 1. The molecule has 10 heteroatoms. The Morgan fingerprint density at radius 1 is 1.13 bits per heavy atom. The number of rotatable bonds is 10. The quantitative estimate of drug-likeness (QED) is 0.261. The van der Waals surface area contributed by atoms with Crippen LogP contribution in [0, 0.1) is 10.1 Å². The van der Waals surface area contributed by atoms with Crippen molar-refractivity contribution in [3.8, 4) is 5.75 Å². The van der Waals surface area contributed by atoms with E-state index in [1.54, 1.807) is 24.3 Å². The molecular weight excluding hydrogens is 416 g/mol. The fourth-order valence-corrected chi connectivity index (χ4v) is 2.68. The number of benzene rings is 2. The summed E-state index contributed by atoms with van der Waals surface area (Å²) in [5, 5.41) is 14.2. The number of Topliss-reactive ketones (excluding diaryl/α,β-unsaturated/α-hetero) is 1. The van der Waals surface area contributed by atoms with Crippen LogP contribution < -0.4 is 10.1 Å². The fourth-order valence-electron chi connectivity index (χ4n) is 2.49. The largest absolute Gasteiger partial charge is 0.490 e. The molecule has 0 saturated heterocycles. The van der Waals surface area contributed by atoms with Crippen LogP contribution in [0.1, 0.15) is 29.6 Å². The van der Waals surface area contributed by atoms with Crippen LogP contribution in [0.4, 0.5) is 11.4 Å². The van der Waals surface area contributed by atoms with Gasteiger partial charge in [0.05, 0.1) is 12.0 Å². The number of methoxy groups -OCH3 is 1.